The third-order valence-electron chi connectivity index (χ3n) is 4.02. The highest BCUT2D eigenvalue weighted by atomic mass is 32.2. The van der Waals surface area contributed by atoms with Crippen LogP contribution in [0.2, 0.25) is 0 Å². The molecule has 0 aliphatic heterocycles. The van der Waals surface area contributed by atoms with Gasteiger partial charge in [-0.25, -0.2) is 4.98 Å². The summed E-state index contributed by atoms with van der Waals surface area (Å²) in [6.45, 7) is 0. The average Bonchev–Trinajstić information content (AvgIpc) is 2.75. The van der Waals surface area contributed by atoms with Crippen LogP contribution in [0.3, 0.4) is 0 Å². The van der Waals surface area contributed by atoms with E-state index in [0.717, 1.165) is 29.1 Å². The van der Waals surface area contributed by atoms with Crippen molar-refractivity contribution in [2.75, 3.05) is 5.75 Å². The fourth-order valence-corrected chi connectivity index (χ4v) is 4.76. The second-order valence-corrected chi connectivity index (χ2v) is 7.92. The van der Waals surface area contributed by atoms with Crippen LogP contribution in [0.15, 0.2) is 24.3 Å². The molecule has 3 nitrogen and oxygen atoms in total. The minimum atomic E-state index is 0.179. The molecule has 1 aliphatic rings. The van der Waals surface area contributed by atoms with E-state index >= 15 is 0 Å². The van der Waals surface area contributed by atoms with Gasteiger partial charge < -0.3 is 5.32 Å². The molecule has 3 rings (SSSR count). The maximum Gasteiger partial charge on any atom is 0.230 e. The molecule has 22 heavy (non-hydrogen) atoms. The molecule has 0 spiro atoms. The van der Waals surface area contributed by atoms with Gasteiger partial charge in [0, 0.05) is 11.8 Å². The summed E-state index contributed by atoms with van der Waals surface area (Å²) in [7, 11) is 0. The van der Waals surface area contributed by atoms with Gasteiger partial charge in [0.2, 0.25) is 5.91 Å². The van der Waals surface area contributed by atoms with E-state index in [1.165, 1.54) is 30.4 Å². The lowest BCUT2D eigenvalue weighted by Crippen LogP contribution is -2.35. The number of thioether (sulfide) groups is 1. The number of para-hydroxylation sites is 1. The summed E-state index contributed by atoms with van der Waals surface area (Å²) in [5.74, 6) is 1.53. The summed E-state index contributed by atoms with van der Waals surface area (Å²) in [5, 5.41) is 4.30. The van der Waals surface area contributed by atoms with E-state index in [9.17, 15) is 4.79 Å². The van der Waals surface area contributed by atoms with Gasteiger partial charge in [0.05, 0.1) is 16.0 Å². The van der Waals surface area contributed by atoms with Crippen LogP contribution in [0.25, 0.3) is 10.2 Å². The Bertz CT molecular complexity index is 585. The Labute approximate surface area is 139 Å². The van der Waals surface area contributed by atoms with Crippen LogP contribution in [0.4, 0.5) is 0 Å². The molecule has 1 amide bonds. The molecule has 1 aliphatic carbocycles. The van der Waals surface area contributed by atoms with Crippen molar-refractivity contribution in [1.82, 2.24) is 10.3 Å². The first kappa shape index (κ1) is 15.8. The monoisotopic (exact) mass is 334 g/mol. The molecule has 1 N–H and O–H groups in total. The van der Waals surface area contributed by atoms with E-state index < -0.39 is 0 Å². The van der Waals surface area contributed by atoms with Crippen molar-refractivity contribution < 1.29 is 4.79 Å². The number of aromatic nitrogens is 1. The number of hydrogen-bond acceptors (Lipinski definition) is 4. The lowest BCUT2D eigenvalue weighted by molar-refractivity contribution is -0.119. The molecule has 1 saturated carbocycles. The number of hydrogen-bond donors (Lipinski definition) is 1. The lowest BCUT2D eigenvalue weighted by atomic mass is 10.1. The number of fused-ring (bicyclic) bond motifs is 1. The normalized spacial score (nSPS) is 16.5. The quantitative estimate of drug-likeness (QED) is 0.826. The standard InChI is InChI=1S/C17H22N2OS2/c20-16(18-13-7-3-1-2-4-8-13)11-21-12-17-19-14-9-5-6-10-15(14)22-17/h5-6,9-10,13H,1-4,7-8,11-12H2,(H,18,20). The predicted molar refractivity (Wildman–Crippen MR) is 95.4 cm³/mol. The number of nitrogens with zero attached hydrogens (tertiary/aromatic N) is 1. The van der Waals surface area contributed by atoms with Crippen molar-refractivity contribution in [3.63, 3.8) is 0 Å². The van der Waals surface area contributed by atoms with Crippen molar-refractivity contribution in [1.29, 1.82) is 0 Å². The highest BCUT2D eigenvalue weighted by Crippen LogP contribution is 2.24. The second kappa shape index (κ2) is 7.97. The summed E-state index contributed by atoms with van der Waals surface area (Å²) in [4.78, 5) is 16.6. The molecule has 2 aromatic rings. The zero-order valence-electron chi connectivity index (χ0n) is 12.7. The number of amides is 1. The topological polar surface area (TPSA) is 42.0 Å². The van der Waals surface area contributed by atoms with Gasteiger partial charge in [-0.2, -0.15) is 0 Å². The van der Waals surface area contributed by atoms with Gasteiger partial charge in [0.15, 0.2) is 0 Å². The van der Waals surface area contributed by atoms with Crippen molar-refractivity contribution >= 4 is 39.2 Å². The molecule has 0 radical (unpaired) electrons. The number of thiazole rings is 1. The predicted octanol–water partition coefficient (Wildman–Crippen LogP) is 4.37. The zero-order chi connectivity index (χ0) is 15.2. The fraction of sp³-hybridized carbons (Fsp3) is 0.529. The van der Waals surface area contributed by atoms with Crippen LogP contribution >= 0.6 is 23.1 Å². The first-order valence-electron chi connectivity index (χ1n) is 8.03. The number of rotatable bonds is 5. The summed E-state index contributed by atoms with van der Waals surface area (Å²) in [6.07, 6.45) is 7.44. The Morgan fingerprint density at radius 3 is 2.77 bits per heavy atom. The number of nitrogens with one attached hydrogen (secondary N) is 1. The Kier molecular flexibility index (Phi) is 5.73. The van der Waals surface area contributed by atoms with Crippen molar-refractivity contribution in [2.45, 2.75) is 50.3 Å². The summed E-state index contributed by atoms with van der Waals surface area (Å²) >= 11 is 3.38. The van der Waals surface area contributed by atoms with Gasteiger partial charge >= 0.3 is 0 Å². The largest absolute Gasteiger partial charge is 0.353 e. The number of carbonyl (C=O) groups excluding carboxylic acids is 1. The Balaban J connectivity index is 1.43. The second-order valence-electron chi connectivity index (χ2n) is 5.82. The smallest absolute Gasteiger partial charge is 0.230 e. The van der Waals surface area contributed by atoms with Crippen molar-refractivity contribution in [3.05, 3.63) is 29.3 Å². The molecule has 0 unspecified atom stereocenters. The first-order chi connectivity index (χ1) is 10.8. The molecule has 0 saturated heterocycles. The number of benzene rings is 1. The third kappa shape index (κ3) is 4.46. The van der Waals surface area contributed by atoms with Crippen LogP contribution in [0, 0.1) is 0 Å². The van der Waals surface area contributed by atoms with Gasteiger partial charge in [-0.3, -0.25) is 4.79 Å². The fourth-order valence-electron chi connectivity index (χ4n) is 2.91. The van der Waals surface area contributed by atoms with Gasteiger partial charge in [-0.05, 0) is 25.0 Å². The van der Waals surface area contributed by atoms with Crippen LogP contribution in [0.1, 0.15) is 43.5 Å². The molecular formula is C17H22N2OS2. The molecule has 1 aromatic heterocycles. The molecule has 118 valence electrons. The summed E-state index contributed by atoms with van der Waals surface area (Å²) in [6, 6.07) is 8.59. The number of carbonyl (C=O) groups is 1. The zero-order valence-corrected chi connectivity index (χ0v) is 14.3. The molecular weight excluding hydrogens is 312 g/mol. The summed E-state index contributed by atoms with van der Waals surface area (Å²) in [5.41, 5.74) is 1.06. The molecule has 1 heterocycles. The molecule has 1 aromatic carbocycles. The lowest BCUT2D eigenvalue weighted by Gasteiger charge is -2.15. The van der Waals surface area contributed by atoms with Gasteiger partial charge in [0.25, 0.3) is 0 Å². The highest BCUT2D eigenvalue weighted by molar-refractivity contribution is 7.99. The van der Waals surface area contributed by atoms with E-state index in [0.29, 0.717) is 11.8 Å². The van der Waals surface area contributed by atoms with Crippen LogP contribution in [0.5, 0.6) is 0 Å². The third-order valence-corrected chi connectivity index (χ3v) is 6.18. The van der Waals surface area contributed by atoms with Gasteiger partial charge in [-0.1, -0.05) is 37.8 Å². The Morgan fingerprint density at radius 2 is 2.00 bits per heavy atom. The van der Waals surface area contributed by atoms with E-state index in [4.69, 9.17) is 0 Å². The average molecular weight is 335 g/mol. The molecule has 5 heteroatoms. The maximum atomic E-state index is 12.0. The minimum Gasteiger partial charge on any atom is -0.353 e. The molecule has 0 bridgehead atoms. The first-order valence-corrected chi connectivity index (χ1v) is 10.00. The van der Waals surface area contributed by atoms with Gasteiger partial charge in [-0.15, -0.1) is 23.1 Å². The molecule has 1 fully saturated rings. The van der Waals surface area contributed by atoms with E-state index in [-0.39, 0.29) is 5.91 Å². The van der Waals surface area contributed by atoms with Crippen LogP contribution in [-0.2, 0) is 10.5 Å². The van der Waals surface area contributed by atoms with Gasteiger partial charge in [0.1, 0.15) is 5.01 Å². The minimum absolute atomic E-state index is 0.179. The van der Waals surface area contributed by atoms with Crippen LogP contribution in [-0.4, -0.2) is 22.7 Å². The van der Waals surface area contributed by atoms with Crippen molar-refractivity contribution in [3.8, 4) is 0 Å². The molecule has 0 atom stereocenters. The van der Waals surface area contributed by atoms with E-state index in [1.54, 1.807) is 23.1 Å². The SMILES string of the molecule is O=C(CSCc1nc2ccccc2s1)NC1CCCCCC1. The van der Waals surface area contributed by atoms with Crippen LogP contribution < -0.4 is 5.32 Å². The Morgan fingerprint density at radius 1 is 1.23 bits per heavy atom. The van der Waals surface area contributed by atoms with E-state index in [1.807, 2.05) is 18.2 Å². The maximum absolute atomic E-state index is 12.0. The highest BCUT2D eigenvalue weighted by Gasteiger charge is 2.14. The summed E-state index contributed by atoms with van der Waals surface area (Å²) < 4.78 is 1.22. The van der Waals surface area contributed by atoms with E-state index in [2.05, 4.69) is 16.4 Å². The van der Waals surface area contributed by atoms with Crippen molar-refractivity contribution in [2.24, 2.45) is 0 Å². The Hall–Kier alpha value is -1.07.